The number of para-hydroxylation sites is 1. The Morgan fingerprint density at radius 3 is 2.80 bits per heavy atom. The average molecular weight is 270 g/mol. The van der Waals surface area contributed by atoms with Crippen LogP contribution in [0.3, 0.4) is 0 Å². The number of amides is 2. The Labute approximate surface area is 116 Å². The van der Waals surface area contributed by atoms with E-state index in [9.17, 15) is 9.59 Å². The van der Waals surface area contributed by atoms with Crippen molar-refractivity contribution in [2.45, 2.75) is 13.3 Å². The maximum absolute atomic E-state index is 12.4. The first-order valence-corrected chi connectivity index (χ1v) is 6.43. The second-order valence-electron chi connectivity index (χ2n) is 4.62. The molecule has 1 N–H and O–H groups in total. The lowest BCUT2D eigenvalue weighted by Crippen LogP contribution is -2.35. The van der Waals surface area contributed by atoms with E-state index in [1.165, 1.54) is 13.2 Å². The number of furan rings is 1. The normalized spacial score (nSPS) is 12.7. The summed E-state index contributed by atoms with van der Waals surface area (Å²) in [6.07, 6.45) is 2.31. The van der Waals surface area contributed by atoms with Gasteiger partial charge in [-0.1, -0.05) is 12.1 Å². The molecule has 2 amide bonds. The first-order chi connectivity index (χ1) is 9.68. The molecular weight excluding hydrogens is 256 g/mol. The first kappa shape index (κ1) is 12.5. The van der Waals surface area contributed by atoms with Crippen molar-refractivity contribution in [2.75, 3.05) is 16.8 Å². The van der Waals surface area contributed by atoms with E-state index in [4.69, 9.17) is 4.42 Å². The number of nitrogens with one attached hydrogen (secondary N) is 1. The van der Waals surface area contributed by atoms with E-state index >= 15 is 0 Å². The molecule has 0 saturated heterocycles. The quantitative estimate of drug-likeness (QED) is 0.910. The summed E-state index contributed by atoms with van der Waals surface area (Å²) in [5.41, 5.74) is 2.54. The maximum Gasteiger partial charge on any atom is 0.300 e. The lowest BCUT2D eigenvalue weighted by atomic mass is 10.1. The molecule has 3 rings (SSSR count). The second kappa shape index (κ2) is 4.85. The molecule has 0 spiro atoms. The Balaban J connectivity index is 2.06. The summed E-state index contributed by atoms with van der Waals surface area (Å²) in [5.74, 6) is -0.645. The first-order valence-electron chi connectivity index (χ1n) is 6.43. The van der Waals surface area contributed by atoms with Crippen LogP contribution in [0.4, 0.5) is 11.4 Å². The molecule has 0 unspecified atom stereocenters. The summed E-state index contributed by atoms with van der Waals surface area (Å²) >= 11 is 0. The fourth-order valence-corrected chi connectivity index (χ4v) is 2.44. The predicted molar refractivity (Wildman–Crippen MR) is 74.8 cm³/mol. The third kappa shape index (κ3) is 1.97. The molecular formula is C15H14N2O3. The molecule has 0 radical (unpaired) electrons. The van der Waals surface area contributed by atoms with Crippen LogP contribution in [0.1, 0.15) is 23.0 Å². The monoisotopic (exact) mass is 270 g/mol. The van der Waals surface area contributed by atoms with Crippen LogP contribution < -0.4 is 10.2 Å². The van der Waals surface area contributed by atoms with Crippen LogP contribution in [0.15, 0.2) is 41.0 Å². The van der Waals surface area contributed by atoms with Gasteiger partial charge in [-0.05, 0) is 30.2 Å². The highest BCUT2D eigenvalue weighted by Gasteiger charge is 2.28. The van der Waals surface area contributed by atoms with Gasteiger partial charge in [0, 0.05) is 13.5 Å². The minimum Gasteiger partial charge on any atom is -0.459 e. The summed E-state index contributed by atoms with van der Waals surface area (Å²) in [6.45, 7) is 2.18. The Morgan fingerprint density at radius 2 is 2.10 bits per heavy atom. The Bertz CT molecular complexity index is 662. The zero-order valence-electron chi connectivity index (χ0n) is 11.1. The van der Waals surface area contributed by atoms with Gasteiger partial charge in [-0.15, -0.1) is 0 Å². The number of carbonyl (C=O) groups is 2. The van der Waals surface area contributed by atoms with Gasteiger partial charge >= 0.3 is 5.91 Å². The number of rotatable bonds is 2. The van der Waals surface area contributed by atoms with E-state index in [-0.39, 0.29) is 11.7 Å². The van der Waals surface area contributed by atoms with Crippen LogP contribution in [-0.2, 0) is 11.2 Å². The predicted octanol–water partition coefficient (Wildman–Crippen LogP) is 2.44. The number of fused-ring (bicyclic) bond motifs is 1. The maximum atomic E-state index is 12.4. The highest BCUT2D eigenvalue weighted by Crippen LogP contribution is 2.34. The van der Waals surface area contributed by atoms with Gasteiger partial charge in [-0.3, -0.25) is 9.59 Å². The molecule has 20 heavy (non-hydrogen) atoms. The van der Waals surface area contributed by atoms with Gasteiger partial charge in [0.1, 0.15) is 0 Å². The molecule has 102 valence electrons. The van der Waals surface area contributed by atoms with Crippen molar-refractivity contribution in [2.24, 2.45) is 0 Å². The summed E-state index contributed by atoms with van der Waals surface area (Å²) < 4.78 is 5.10. The van der Waals surface area contributed by atoms with Crippen LogP contribution in [0.2, 0.25) is 0 Å². The van der Waals surface area contributed by atoms with Crippen LogP contribution in [0.5, 0.6) is 0 Å². The van der Waals surface area contributed by atoms with Gasteiger partial charge in [-0.25, -0.2) is 4.90 Å². The number of imide groups is 1. The van der Waals surface area contributed by atoms with Crippen molar-refractivity contribution in [3.8, 4) is 0 Å². The average Bonchev–Trinajstić information content (AvgIpc) is 3.10. The number of hydrogen-bond acceptors (Lipinski definition) is 4. The van der Waals surface area contributed by atoms with Crippen LogP contribution in [0, 0.1) is 0 Å². The molecule has 1 aromatic heterocycles. The van der Waals surface area contributed by atoms with E-state index in [1.807, 2.05) is 12.1 Å². The fraction of sp³-hybridized carbons (Fsp3) is 0.200. The zero-order chi connectivity index (χ0) is 14.1. The molecule has 1 aromatic carbocycles. The number of carbonyl (C=O) groups excluding carboxylic acids is 2. The Morgan fingerprint density at radius 1 is 1.25 bits per heavy atom. The van der Waals surface area contributed by atoms with Crippen molar-refractivity contribution in [3.63, 3.8) is 0 Å². The fourth-order valence-electron chi connectivity index (χ4n) is 2.44. The van der Waals surface area contributed by atoms with Gasteiger partial charge < -0.3 is 9.73 Å². The third-order valence-electron chi connectivity index (χ3n) is 3.32. The van der Waals surface area contributed by atoms with Crippen molar-refractivity contribution in [1.29, 1.82) is 0 Å². The molecule has 0 atom stereocenters. The number of nitrogens with zero attached hydrogens (tertiary/aromatic N) is 1. The minimum atomic E-state index is -0.454. The lowest BCUT2D eigenvalue weighted by Gasteiger charge is -2.21. The van der Waals surface area contributed by atoms with Gasteiger partial charge in [0.15, 0.2) is 5.76 Å². The Hall–Kier alpha value is -2.56. The third-order valence-corrected chi connectivity index (χ3v) is 3.32. The number of hydrogen-bond donors (Lipinski definition) is 1. The smallest absolute Gasteiger partial charge is 0.300 e. The van der Waals surface area contributed by atoms with Crippen LogP contribution >= 0.6 is 0 Å². The van der Waals surface area contributed by atoms with E-state index in [1.54, 1.807) is 18.2 Å². The molecule has 5 heteroatoms. The molecule has 5 nitrogen and oxygen atoms in total. The topological polar surface area (TPSA) is 62.6 Å². The highest BCUT2D eigenvalue weighted by atomic mass is 16.3. The van der Waals surface area contributed by atoms with E-state index < -0.39 is 5.91 Å². The van der Waals surface area contributed by atoms with E-state index in [2.05, 4.69) is 5.32 Å². The Kier molecular flexibility index (Phi) is 3.02. The van der Waals surface area contributed by atoms with Crippen LogP contribution in [-0.4, -0.2) is 18.4 Å². The largest absolute Gasteiger partial charge is 0.459 e. The van der Waals surface area contributed by atoms with Crippen molar-refractivity contribution >= 4 is 23.2 Å². The molecule has 1 aliphatic rings. The molecule has 0 aliphatic carbocycles. The summed E-state index contributed by atoms with van der Waals surface area (Å²) in [6, 6.07) is 8.79. The highest BCUT2D eigenvalue weighted by molar-refractivity contribution is 6.21. The van der Waals surface area contributed by atoms with Gasteiger partial charge in [0.25, 0.3) is 0 Å². The summed E-state index contributed by atoms with van der Waals surface area (Å²) in [7, 11) is 0. The van der Waals surface area contributed by atoms with Gasteiger partial charge in [-0.2, -0.15) is 0 Å². The van der Waals surface area contributed by atoms with E-state index in [0.29, 0.717) is 5.69 Å². The summed E-state index contributed by atoms with van der Waals surface area (Å²) in [5, 5.41) is 3.23. The van der Waals surface area contributed by atoms with Crippen LogP contribution in [0.25, 0.3) is 0 Å². The van der Waals surface area contributed by atoms with E-state index in [0.717, 1.165) is 29.1 Å². The molecule has 2 aromatic rings. The molecule has 2 heterocycles. The van der Waals surface area contributed by atoms with Gasteiger partial charge in [0.05, 0.1) is 17.6 Å². The zero-order valence-corrected chi connectivity index (χ0v) is 11.1. The van der Waals surface area contributed by atoms with Crippen molar-refractivity contribution in [1.82, 2.24) is 0 Å². The molecule has 0 bridgehead atoms. The lowest BCUT2D eigenvalue weighted by molar-refractivity contribution is -0.116. The second-order valence-corrected chi connectivity index (χ2v) is 4.62. The van der Waals surface area contributed by atoms with Crippen molar-refractivity contribution in [3.05, 3.63) is 47.9 Å². The number of anilines is 2. The molecule has 0 saturated carbocycles. The number of benzene rings is 1. The SMILES string of the molecule is CC(=O)N(C(=O)c1ccco1)c1cccc2c1NCC2. The molecule has 1 aliphatic heterocycles. The standard InChI is InChI=1S/C15H14N2O3/c1-10(18)17(15(19)13-6-3-9-20-13)12-5-2-4-11-7-8-16-14(11)12/h2-6,9,16H,7-8H2,1H3. The molecule has 0 fully saturated rings. The minimum absolute atomic E-state index is 0.149. The summed E-state index contributed by atoms with van der Waals surface area (Å²) in [4.78, 5) is 25.5. The van der Waals surface area contributed by atoms with Gasteiger partial charge in [0.2, 0.25) is 5.91 Å². The van der Waals surface area contributed by atoms with Crippen molar-refractivity contribution < 1.29 is 14.0 Å².